The fourth-order valence-corrected chi connectivity index (χ4v) is 1.84. The lowest BCUT2D eigenvalue weighted by atomic mass is 10.2. The van der Waals surface area contributed by atoms with Crippen molar-refractivity contribution in [3.05, 3.63) is 59.4 Å². The molecule has 0 unspecified atom stereocenters. The Balaban J connectivity index is 2.04. The number of nitrogens with two attached hydrogens (primary N) is 1. The van der Waals surface area contributed by atoms with Crippen LogP contribution in [0, 0.1) is 11.2 Å². The van der Waals surface area contributed by atoms with Crippen LogP contribution in [0.1, 0.15) is 11.1 Å². The van der Waals surface area contributed by atoms with Crippen molar-refractivity contribution in [2.45, 2.75) is 6.61 Å². The van der Waals surface area contributed by atoms with Crippen molar-refractivity contribution in [2.75, 3.05) is 19.0 Å². The molecule has 0 aliphatic carbocycles. The second-order valence-corrected chi connectivity index (χ2v) is 4.91. The Morgan fingerprint density at radius 2 is 1.86 bits per heavy atom. The van der Waals surface area contributed by atoms with Gasteiger partial charge < -0.3 is 15.4 Å². The van der Waals surface area contributed by atoms with Gasteiger partial charge in [0.05, 0.1) is 0 Å². The molecular weight excluding hydrogens is 269 g/mol. The van der Waals surface area contributed by atoms with Crippen molar-refractivity contribution in [2.24, 2.45) is 5.73 Å². The normalized spacial score (nSPS) is 10.2. The number of benzene rings is 2. The van der Waals surface area contributed by atoms with Crippen LogP contribution in [0.4, 0.5) is 10.1 Å². The molecule has 0 aliphatic heterocycles. The Bertz CT molecular complexity index is 638. The number of nitrogens with zero attached hydrogens (tertiary/aromatic N) is 1. The van der Waals surface area contributed by atoms with E-state index in [1.165, 1.54) is 12.1 Å². The maximum atomic E-state index is 13.8. The average Bonchev–Trinajstić information content (AvgIpc) is 2.46. The monoisotopic (exact) mass is 287 g/mol. The lowest BCUT2D eigenvalue weighted by Gasteiger charge is -2.13. The molecule has 0 fully saturated rings. The number of ether oxygens (including phenoxy) is 1. The zero-order chi connectivity index (χ0) is 15.4. The fourth-order valence-electron chi connectivity index (χ4n) is 1.84. The van der Waals surface area contributed by atoms with E-state index in [0.29, 0.717) is 5.56 Å². The SMILES string of the molecule is CN(C)c1ccc(COc2ccc(C(=N)N)cc2F)cc1. The Hall–Kier alpha value is -2.56. The summed E-state index contributed by atoms with van der Waals surface area (Å²) in [6, 6.07) is 12.1. The predicted octanol–water partition coefficient (Wildman–Crippen LogP) is 2.75. The summed E-state index contributed by atoms with van der Waals surface area (Å²) in [6.45, 7) is 0.282. The first-order valence-electron chi connectivity index (χ1n) is 6.50. The first-order chi connectivity index (χ1) is 9.97. The van der Waals surface area contributed by atoms with Crippen molar-refractivity contribution in [1.82, 2.24) is 0 Å². The van der Waals surface area contributed by atoms with Crippen molar-refractivity contribution < 1.29 is 9.13 Å². The lowest BCUT2D eigenvalue weighted by molar-refractivity contribution is 0.290. The van der Waals surface area contributed by atoms with E-state index >= 15 is 0 Å². The number of nitrogens with one attached hydrogen (secondary N) is 1. The van der Waals surface area contributed by atoms with Gasteiger partial charge in [0.2, 0.25) is 0 Å². The van der Waals surface area contributed by atoms with Gasteiger partial charge in [-0.2, -0.15) is 0 Å². The molecule has 0 saturated carbocycles. The third-order valence-corrected chi connectivity index (χ3v) is 3.09. The molecule has 0 amide bonds. The number of nitrogen functional groups attached to an aromatic ring is 1. The first-order valence-corrected chi connectivity index (χ1v) is 6.50. The van der Waals surface area contributed by atoms with E-state index < -0.39 is 5.82 Å². The van der Waals surface area contributed by atoms with E-state index in [1.54, 1.807) is 6.07 Å². The van der Waals surface area contributed by atoms with Gasteiger partial charge in [-0.15, -0.1) is 0 Å². The van der Waals surface area contributed by atoms with E-state index in [0.717, 1.165) is 11.3 Å². The molecule has 4 nitrogen and oxygen atoms in total. The maximum Gasteiger partial charge on any atom is 0.165 e. The van der Waals surface area contributed by atoms with Crippen molar-refractivity contribution >= 4 is 11.5 Å². The predicted molar refractivity (Wildman–Crippen MR) is 82.5 cm³/mol. The minimum absolute atomic E-state index is 0.150. The highest BCUT2D eigenvalue weighted by Crippen LogP contribution is 2.20. The summed E-state index contributed by atoms with van der Waals surface area (Å²) in [5.41, 5.74) is 7.70. The number of hydrogen-bond donors (Lipinski definition) is 2. The third-order valence-electron chi connectivity index (χ3n) is 3.09. The highest BCUT2D eigenvalue weighted by atomic mass is 19.1. The molecule has 0 radical (unpaired) electrons. The van der Waals surface area contributed by atoms with Crippen LogP contribution >= 0.6 is 0 Å². The second kappa shape index (κ2) is 6.26. The van der Waals surface area contributed by atoms with Crippen molar-refractivity contribution in [3.8, 4) is 5.75 Å². The zero-order valence-corrected chi connectivity index (χ0v) is 12.1. The fraction of sp³-hybridized carbons (Fsp3) is 0.188. The minimum Gasteiger partial charge on any atom is -0.486 e. The largest absolute Gasteiger partial charge is 0.486 e. The number of rotatable bonds is 5. The molecule has 110 valence electrons. The molecule has 21 heavy (non-hydrogen) atoms. The van der Waals surface area contributed by atoms with Gasteiger partial charge in [-0.1, -0.05) is 12.1 Å². The van der Waals surface area contributed by atoms with Crippen LogP contribution in [0.2, 0.25) is 0 Å². The molecule has 5 heteroatoms. The summed E-state index contributed by atoms with van der Waals surface area (Å²) < 4.78 is 19.3. The Labute approximate surface area is 123 Å². The van der Waals surface area contributed by atoms with Crippen molar-refractivity contribution in [1.29, 1.82) is 5.41 Å². The van der Waals surface area contributed by atoms with E-state index in [2.05, 4.69) is 0 Å². The van der Waals surface area contributed by atoms with E-state index in [1.807, 2.05) is 43.3 Å². The molecule has 2 aromatic carbocycles. The van der Waals surface area contributed by atoms with Gasteiger partial charge in [0.15, 0.2) is 11.6 Å². The van der Waals surface area contributed by atoms with Gasteiger partial charge in [0, 0.05) is 25.3 Å². The van der Waals surface area contributed by atoms with Gasteiger partial charge >= 0.3 is 0 Å². The highest BCUT2D eigenvalue weighted by Gasteiger charge is 2.07. The summed E-state index contributed by atoms with van der Waals surface area (Å²) in [4.78, 5) is 2.00. The number of anilines is 1. The highest BCUT2D eigenvalue weighted by molar-refractivity contribution is 5.95. The molecule has 0 aliphatic rings. The Morgan fingerprint density at radius 3 is 2.38 bits per heavy atom. The Kier molecular flexibility index (Phi) is 4.42. The summed E-state index contributed by atoms with van der Waals surface area (Å²) in [6.07, 6.45) is 0. The minimum atomic E-state index is -0.521. The number of hydrogen-bond acceptors (Lipinski definition) is 3. The van der Waals surface area contributed by atoms with Gasteiger partial charge in [-0.25, -0.2) is 4.39 Å². The summed E-state index contributed by atoms with van der Waals surface area (Å²) in [5, 5.41) is 7.26. The molecule has 0 heterocycles. The maximum absolute atomic E-state index is 13.8. The van der Waals surface area contributed by atoms with Crippen LogP contribution in [-0.2, 0) is 6.61 Å². The number of halogens is 1. The molecule has 2 aromatic rings. The first kappa shape index (κ1) is 14.8. The molecule has 0 aromatic heterocycles. The van der Waals surface area contributed by atoms with Gasteiger partial charge in [0.1, 0.15) is 12.4 Å². The second-order valence-electron chi connectivity index (χ2n) is 4.91. The number of amidine groups is 1. The quantitative estimate of drug-likeness (QED) is 0.656. The van der Waals surface area contributed by atoms with Crippen LogP contribution < -0.4 is 15.4 Å². The van der Waals surface area contributed by atoms with Gasteiger partial charge in [-0.05, 0) is 35.9 Å². The Morgan fingerprint density at radius 1 is 1.19 bits per heavy atom. The van der Waals surface area contributed by atoms with E-state index in [4.69, 9.17) is 15.9 Å². The lowest BCUT2D eigenvalue weighted by Crippen LogP contribution is -2.11. The van der Waals surface area contributed by atoms with Crippen LogP contribution in [0.3, 0.4) is 0 Å². The van der Waals surface area contributed by atoms with Crippen LogP contribution in [0.25, 0.3) is 0 Å². The summed E-state index contributed by atoms with van der Waals surface area (Å²) in [7, 11) is 3.94. The van der Waals surface area contributed by atoms with Crippen LogP contribution in [0.5, 0.6) is 5.75 Å². The van der Waals surface area contributed by atoms with Gasteiger partial charge in [0.25, 0.3) is 0 Å². The van der Waals surface area contributed by atoms with Gasteiger partial charge in [-0.3, -0.25) is 5.41 Å². The summed E-state index contributed by atoms with van der Waals surface area (Å²) >= 11 is 0. The third kappa shape index (κ3) is 3.72. The zero-order valence-electron chi connectivity index (χ0n) is 12.1. The average molecular weight is 287 g/mol. The molecule has 0 atom stereocenters. The molecule has 0 saturated heterocycles. The molecular formula is C16H18FN3O. The standard InChI is InChI=1S/C16H18FN3O/c1-20(2)13-6-3-11(4-7-13)10-21-15-8-5-12(16(18)19)9-14(15)17/h3-9H,10H2,1-2H3,(H3,18,19). The van der Waals surface area contributed by atoms with E-state index in [-0.39, 0.29) is 18.2 Å². The smallest absolute Gasteiger partial charge is 0.165 e. The van der Waals surface area contributed by atoms with Crippen molar-refractivity contribution in [3.63, 3.8) is 0 Å². The topological polar surface area (TPSA) is 62.3 Å². The van der Waals surface area contributed by atoms with Crippen LogP contribution in [0.15, 0.2) is 42.5 Å². The van der Waals surface area contributed by atoms with Crippen LogP contribution in [-0.4, -0.2) is 19.9 Å². The molecule has 3 N–H and O–H groups in total. The van der Waals surface area contributed by atoms with E-state index in [9.17, 15) is 4.39 Å². The summed E-state index contributed by atoms with van der Waals surface area (Å²) in [5.74, 6) is -0.538. The molecule has 0 spiro atoms. The molecule has 0 bridgehead atoms. The molecule has 2 rings (SSSR count).